The lowest BCUT2D eigenvalue weighted by Gasteiger charge is -2.35. The maximum Gasteiger partial charge on any atom is 0.408 e. The minimum Gasteiger partial charge on any atom is -0.444 e. The summed E-state index contributed by atoms with van der Waals surface area (Å²) in [4.78, 5) is 52.8. The van der Waals surface area contributed by atoms with Gasteiger partial charge in [0.05, 0.1) is 6.61 Å². The summed E-state index contributed by atoms with van der Waals surface area (Å²) in [5.74, 6) is -1.61. The Kier molecular flexibility index (Phi) is 11.4. The summed E-state index contributed by atoms with van der Waals surface area (Å²) < 4.78 is 5.31. The van der Waals surface area contributed by atoms with Crippen molar-refractivity contribution in [3.05, 3.63) is 35.4 Å². The highest BCUT2D eigenvalue weighted by Crippen LogP contribution is 2.26. The van der Waals surface area contributed by atoms with Crippen LogP contribution in [0.3, 0.4) is 0 Å². The van der Waals surface area contributed by atoms with E-state index in [2.05, 4.69) is 10.6 Å². The smallest absolute Gasteiger partial charge is 0.408 e. The third-order valence-corrected chi connectivity index (χ3v) is 6.16. The molecule has 0 saturated heterocycles. The Hall–Kier alpha value is -3.14. The van der Waals surface area contributed by atoms with Crippen LogP contribution >= 0.6 is 0 Å². The van der Waals surface area contributed by atoms with E-state index < -0.39 is 42.2 Å². The van der Waals surface area contributed by atoms with Gasteiger partial charge in [-0.1, -0.05) is 49.1 Å². The number of aliphatic hydroxyl groups excluding tert-OH is 1. The number of carbonyl (C=O) groups excluding carboxylic acids is 4. The third-order valence-electron chi connectivity index (χ3n) is 6.16. The second kappa shape index (κ2) is 14.0. The average Bonchev–Trinajstić information content (AvgIpc) is 2.80. The lowest BCUT2D eigenvalue weighted by molar-refractivity contribution is -0.143. The fourth-order valence-corrected chi connectivity index (χ4v) is 4.51. The highest BCUT2D eigenvalue weighted by Gasteiger charge is 2.37. The summed E-state index contributed by atoms with van der Waals surface area (Å²) in [6.45, 7) is 6.40. The number of aliphatic hydroxyl groups is 1. The van der Waals surface area contributed by atoms with Crippen LogP contribution in [0.25, 0.3) is 0 Å². The number of benzene rings is 1. The van der Waals surface area contributed by atoms with Crippen LogP contribution < -0.4 is 16.4 Å². The molecule has 10 heteroatoms. The predicted octanol–water partition coefficient (Wildman–Crippen LogP) is 2.46. The van der Waals surface area contributed by atoms with Gasteiger partial charge in [-0.3, -0.25) is 14.4 Å². The second-order valence-electron chi connectivity index (χ2n) is 10.6. The molecule has 0 spiro atoms. The van der Waals surface area contributed by atoms with E-state index in [0.29, 0.717) is 5.56 Å². The van der Waals surface area contributed by atoms with E-state index in [1.165, 1.54) is 4.90 Å². The number of carbonyl (C=O) groups is 4. The molecule has 1 aromatic carbocycles. The molecule has 1 aliphatic rings. The van der Waals surface area contributed by atoms with Crippen molar-refractivity contribution in [1.82, 2.24) is 15.5 Å². The minimum atomic E-state index is -1.19. The summed E-state index contributed by atoms with van der Waals surface area (Å²) in [5, 5.41) is 15.5. The summed E-state index contributed by atoms with van der Waals surface area (Å²) in [7, 11) is 0. The van der Waals surface area contributed by atoms with Crippen molar-refractivity contribution >= 4 is 23.8 Å². The molecule has 1 fully saturated rings. The second-order valence-corrected chi connectivity index (χ2v) is 10.6. The lowest BCUT2D eigenvalue weighted by atomic mass is 9.94. The maximum absolute atomic E-state index is 13.9. The molecule has 4 amide bonds. The molecule has 10 nitrogen and oxygen atoms in total. The Bertz CT molecular complexity index is 939. The number of nitrogens with zero attached hydrogens (tertiary/aromatic N) is 1. The van der Waals surface area contributed by atoms with Crippen LogP contribution in [0.2, 0.25) is 0 Å². The molecule has 2 atom stereocenters. The van der Waals surface area contributed by atoms with Gasteiger partial charge in [0.1, 0.15) is 17.7 Å². The Morgan fingerprint density at radius 2 is 1.84 bits per heavy atom. The molecule has 2 unspecified atom stereocenters. The number of ether oxygens (including phenoxy) is 1. The van der Waals surface area contributed by atoms with Crippen molar-refractivity contribution in [2.75, 3.05) is 13.2 Å². The first-order valence-electron chi connectivity index (χ1n) is 13.0. The summed E-state index contributed by atoms with van der Waals surface area (Å²) in [6.07, 6.45) is 3.81. The van der Waals surface area contributed by atoms with E-state index in [0.717, 1.165) is 37.7 Å². The standard InChI is InChI=1S/C27H42N4O6/c1-18-9-8-10-19(17-18)23(24(34)29-20-11-6-5-7-12-20)31(15-16-32)25(35)21(13-14-22(28)33)30-26(36)37-27(2,3)4/h8-10,17,20-21,23,32H,5-7,11-16H2,1-4H3,(H2,28,33)(H,29,34)(H,30,36). The van der Waals surface area contributed by atoms with Crippen molar-refractivity contribution in [2.45, 2.75) is 96.4 Å². The topological polar surface area (TPSA) is 151 Å². The monoisotopic (exact) mass is 518 g/mol. The molecule has 5 N–H and O–H groups in total. The van der Waals surface area contributed by atoms with Gasteiger partial charge in [-0.25, -0.2) is 4.79 Å². The number of nitrogens with one attached hydrogen (secondary N) is 2. The molecule has 1 saturated carbocycles. The number of amides is 4. The first-order valence-corrected chi connectivity index (χ1v) is 13.0. The van der Waals surface area contributed by atoms with Gasteiger partial charge in [-0.2, -0.15) is 0 Å². The number of alkyl carbamates (subject to hydrolysis) is 1. The van der Waals surface area contributed by atoms with Gasteiger partial charge in [-0.15, -0.1) is 0 Å². The van der Waals surface area contributed by atoms with Crippen molar-refractivity contribution in [3.63, 3.8) is 0 Å². The zero-order valence-electron chi connectivity index (χ0n) is 22.4. The SMILES string of the molecule is Cc1cccc(C(C(=O)NC2CCCCC2)N(CCO)C(=O)C(CCC(N)=O)NC(=O)OC(C)(C)C)c1. The Balaban J connectivity index is 2.42. The van der Waals surface area contributed by atoms with Crippen LogP contribution in [-0.4, -0.2) is 64.7 Å². The molecule has 37 heavy (non-hydrogen) atoms. The first-order chi connectivity index (χ1) is 17.4. The van der Waals surface area contributed by atoms with E-state index >= 15 is 0 Å². The molecule has 0 heterocycles. The van der Waals surface area contributed by atoms with Crippen LogP contribution in [0.5, 0.6) is 0 Å². The van der Waals surface area contributed by atoms with Crippen LogP contribution in [-0.2, 0) is 19.1 Å². The first kappa shape index (κ1) is 30.1. The highest BCUT2D eigenvalue weighted by molar-refractivity contribution is 5.92. The maximum atomic E-state index is 13.9. The molecular weight excluding hydrogens is 476 g/mol. The fraction of sp³-hybridized carbons (Fsp3) is 0.630. The van der Waals surface area contributed by atoms with Crippen LogP contribution in [0.1, 0.15) is 82.9 Å². The van der Waals surface area contributed by atoms with Crippen molar-refractivity contribution in [1.29, 1.82) is 0 Å². The summed E-state index contributed by atoms with van der Waals surface area (Å²) in [5.41, 5.74) is 6.00. The normalized spacial score (nSPS) is 15.8. The lowest BCUT2D eigenvalue weighted by Crippen LogP contribution is -2.54. The van der Waals surface area contributed by atoms with Crippen molar-refractivity contribution in [2.24, 2.45) is 5.73 Å². The third kappa shape index (κ3) is 10.0. The molecule has 2 rings (SSSR count). The molecule has 0 bridgehead atoms. The number of hydrogen-bond acceptors (Lipinski definition) is 6. The molecular formula is C27H42N4O6. The number of rotatable bonds is 11. The highest BCUT2D eigenvalue weighted by atomic mass is 16.6. The van der Waals surface area contributed by atoms with Gasteiger partial charge in [0.15, 0.2) is 0 Å². The quantitative estimate of drug-likeness (QED) is 0.353. The summed E-state index contributed by atoms with van der Waals surface area (Å²) in [6, 6.07) is 5.04. The molecule has 1 aliphatic carbocycles. The van der Waals surface area contributed by atoms with Crippen LogP contribution in [0, 0.1) is 6.92 Å². The largest absolute Gasteiger partial charge is 0.444 e. The van der Waals surface area contributed by atoms with E-state index in [4.69, 9.17) is 10.5 Å². The number of primary amides is 1. The van der Waals surface area contributed by atoms with Gasteiger partial charge in [0.25, 0.3) is 0 Å². The van der Waals surface area contributed by atoms with Gasteiger partial charge in [-0.05, 0) is 52.5 Å². The Morgan fingerprint density at radius 1 is 1.16 bits per heavy atom. The molecule has 0 aliphatic heterocycles. The van der Waals surface area contributed by atoms with Gasteiger partial charge >= 0.3 is 6.09 Å². The Labute approximate surface area is 219 Å². The predicted molar refractivity (Wildman–Crippen MR) is 139 cm³/mol. The van der Waals surface area contributed by atoms with Gasteiger partial charge < -0.3 is 31.1 Å². The van der Waals surface area contributed by atoms with E-state index in [1.807, 2.05) is 19.1 Å². The number of aryl methyl sites for hydroxylation is 1. The van der Waals surface area contributed by atoms with Crippen LogP contribution in [0.4, 0.5) is 4.79 Å². The fourth-order valence-electron chi connectivity index (χ4n) is 4.51. The van der Waals surface area contributed by atoms with Crippen LogP contribution in [0.15, 0.2) is 24.3 Å². The molecule has 206 valence electrons. The number of hydrogen-bond donors (Lipinski definition) is 4. The molecule has 0 aromatic heterocycles. The minimum absolute atomic E-state index is 0.00480. The van der Waals surface area contributed by atoms with Gasteiger partial charge in [0, 0.05) is 19.0 Å². The zero-order chi connectivity index (χ0) is 27.6. The number of nitrogens with two attached hydrogens (primary N) is 1. The van der Waals surface area contributed by atoms with E-state index in [-0.39, 0.29) is 31.3 Å². The van der Waals surface area contributed by atoms with E-state index in [9.17, 15) is 24.3 Å². The summed E-state index contributed by atoms with van der Waals surface area (Å²) >= 11 is 0. The zero-order valence-corrected chi connectivity index (χ0v) is 22.4. The Morgan fingerprint density at radius 3 is 2.41 bits per heavy atom. The molecule has 0 radical (unpaired) electrons. The van der Waals surface area contributed by atoms with E-state index in [1.54, 1.807) is 32.9 Å². The molecule has 1 aromatic rings. The average molecular weight is 519 g/mol. The van der Waals surface area contributed by atoms with Gasteiger partial charge in [0.2, 0.25) is 17.7 Å². The van der Waals surface area contributed by atoms with Crippen molar-refractivity contribution in [3.8, 4) is 0 Å². The van der Waals surface area contributed by atoms with Crippen molar-refractivity contribution < 1.29 is 29.0 Å².